The fourth-order valence-electron chi connectivity index (χ4n) is 2.27. The van der Waals surface area contributed by atoms with Gasteiger partial charge in [-0.2, -0.15) is 9.61 Å². The molecule has 6 heteroatoms. The van der Waals surface area contributed by atoms with Crippen molar-refractivity contribution in [2.45, 2.75) is 0 Å². The Bertz CT molecular complexity index is 954. The van der Waals surface area contributed by atoms with Gasteiger partial charge in [0.1, 0.15) is 10.7 Å². The van der Waals surface area contributed by atoms with E-state index in [0.29, 0.717) is 5.65 Å². The molecule has 0 fully saturated rings. The molecule has 3 heterocycles. The van der Waals surface area contributed by atoms with Gasteiger partial charge in [0, 0.05) is 17.6 Å². The van der Waals surface area contributed by atoms with Crippen LogP contribution in [0, 0.1) is 0 Å². The lowest BCUT2D eigenvalue weighted by molar-refractivity contribution is 0.901. The summed E-state index contributed by atoms with van der Waals surface area (Å²) in [6, 6.07) is 11.3. The highest BCUT2D eigenvalue weighted by molar-refractivity contribution is 7.13. The van der Waals surface area contributed by atoms with Crippen LogP contribution < -0.4 is 5.56 Å². The van der Waals surface area contributed by atoms with E-state index in [4.69, 9.17) is 0 Å². The van der Waals surface area contributed by atoms with Gasteiger partial charge >= 0.3 is 0 Å². The summed E-state index contributed by atoms with van der Waals surface area (Å²) in [6.45, 7) is 0. The van der Waals surface area contributed by atoms with Gasteiger partial charge in [-0.1, -0.05) is 30.3 Å². The number of nitrogens with one attached hydrogen (secondary N) is 1. The largest absolute Gasteiger partial charge is 0.339 e. The summed E-state index contributed by atoms with van der Waals surface area (Å²) in [4.78, 5) is 19.8. The molecule has 0 unspecified atom stereocenters. The first-order valence-corrected chi connectivity index (χ1v) is 7.27. The van der Waals surface area contributed by atoms with Gasteiger partial charge in [0.05, 0.1) is 17.5 Å². The zero-order valence-electron chi connectivity index (χ0n) is 10.9. The number of aromatic nitrogens is 4. The van der Waals surface area contributed by atoms with Gasteiger partial charge < -0.3 is 4.98 Å². The van der Waals surface area contributed by atoms with Crippen LogP contribution in [-0.2, 0) is 0 Å². The van der Waals surface area contributed by atoms with Gasteiger partial charge in [-0.05, 0) is 5.56 Å². The van der Waals surface area contributed by atoms with E-state index in [1.165, 1.54) is 15.9 Å². The number of thiazole rings is 1. The van der Waals surface area contributed by atoms with Gasteiger partial charge in [0.15, 0.2) is 0 Å². The van der Waals surface area contributed by atoms with Crippen LogP contribution in [0.1, 0.15) is 0 Å². The fraction of sp³-hybridized carbons (Fsp3) is 0. The summed E-state index contributed by atoms with van der Waals surface area (Å²) >= 11 is 1.52. The monoisotopic (exact) mass is 294 g/mol. The zero-order valence-corrected chi connectivity index (χ0v) is 11.7. The first kappa shape index (κ1) is 12.0. The van der Waals surface area contributed by atoms with Crippen LogP contribution in [0.4, 0.5) is 0 Å². The second-order valence-corrected chi connectivity index (χ2v) is 5.44. The Morgan fingerprint density at radius 3 is 2.81 bits per heavy atom. The molecule has 0 bridgehead atoms. The number of benzene rings is 1. The van der Waals surface area contributed by atoms with Crippen LogP contribution in [0.25, 0.3) is 27.5 Å². The number of H-pyrrole nitrogens is 1. The molecule has 0 aliphatic heterocycles. The molecule has 0 saturated heterocycles. The van der Waals surface area contributed by atoms with Crippen molar-refractivity contribution in [3.63, 3.8) is 0 Å². The minimum atomic E-state index is -0.162. The number of hydrogen-bond donors (Lipinski definition) is 1. The standard InChI is InChI=1S/C15H10N4OS/c20-13-8-12(10-4-2-1-3-5-10)18-14-11(9-17-19(13)14)15-16-6-7-21-15/h1-9,18H. The van der Waals surface area contributed by atoms with E-state index in [1.54, 1.807) is 18.5 Å². The van der Waals surface area contributed by atoms with E-state index in [1.807, 2.05) is 35.7 Å². The molecule has 21 heavy (non-hydrogen) atoms. The summed E-state index contributed by atoms with van der Waals surface area (Å²) in [5.74, 6) is 0. The number of hydrogen-bond acceptors (Lipinski definition) is 4. The molecule has 4 rings (SSSR count). The number of fused-ring (bicyclic) bond motifs is 1. The van der Waals surface area contributed by atoms with Crippen molar-refractivity contribution in [3.05, 3.63) is 64.5 Å². The molecule has 1 N–H and O–H groups in total. The molecular weight excluding hydrogens is 284 g/mol. The maximum Gasteiger partial charge on any atom is 0.274 e. The van der Waals surface area contributed by atoms with Gasteiger partial charge in [0.25, 0.3) is 5.56 Å². The molecule has 4 aromatic rings. The summed E-state index contributed by atoms with van der Waals surface area (Å²) < 4.78 is 1.36. The predicted octanol–water partition coefficient (Wildman–Crippen LogP) is 2.81. The van der Waals surface area contributed by atoms with E-state index >= 15 is 0 Å². The average molecular weight is 294 g/mol. The Hall–Kier alpha value is -2.73. The summed E-state index contributed by atoms with van der Waals surface area (Å²) in [7, 11) is 0. The van der Waals surface area contributed by atoms with Crippen molar-refractivity contribution < 1.29 is 0 Å². The first-order valence-electron chi connectivity index (χ1n) is 6.39. The molecule has 102 valence electrons. The SMILES string of the molecule is O=c1cc(-c2ccccc2)[nH]c2c(-c3nccs3)cnn12. The topological polar surface area (TPSA) is 63.0 Å². The van der Waals surface area contributed by atoms with Crippen LogP contribution in [-0.4, -0.2) is 19.6 Å². The van der Waals surface area contributed by atoms with Crippen molar-refractivity contribution in [1.82, 2.24) is 19.6 Å². The quantitative estimate of drug-likeness (QED) is 0.618. The highest BCUT2D eigenvalue weighted by Crippen LogP contribution is 2.25. The molecule has 0 radical (unpaired) electrons. The average Bonchev–Trinajstić information content (AvgIpc) is 3.16. The van der Waals surface area contributed by atoms with Crippen molar-refractivity contribution in [2.75, 3.05) is 0 Å². The molecule has 0 atom stereocenters. The second-order valence-electron chi connectivity index (χ2n) is 4.54. The van der Waals surface area contributed by atoms with Gasteiger partial charge in [-0.25, -0.2) is 4.98 Å². The first-order chi connectivity index (χ1) is 10.3. The number of nitrogens with zero attached hydrogens (tertiary/aromatic N) is 3. The highest BCUT2D eigenvalue weighted by atomic mass is 32.1. The van der Waals surface area contributed by atoms with Gasteiger partial charge in [0.2, 0.25) is 0 Å². The van der Waals surface area contributed by atoms with E-state index in [-0.39, 0.29) is 5.56 Å². The maximum atomic E-state index is 12.2. The molecule has 0 saturated carbocycles. The summed E-state index contributed by atoms with van der Waals surface area (Å²) in [5.41, 5.74) is 3.07. The molecular formula is C15H10N4OS. The molecule has 0 aliphatic rings. The van der Waals surface area contributed by atoms with Crippen molar-refractivity contribution in [1.29, 1.82) is 0 Å². The molecule has 0 spiro atoms. The Morgan fingerprint density at radius 2 is 2.05 bits per heavy atom. The predicted molar refractivity (Wildman–Crippen MR) is 82.4 cm³/mol. The smallest absolute Gasteiger partial charge is 0.274 e. The van der Waals surface area contributed by atoms with Crippen LogP contribution in [0.15, 0.2) is 59.0 Å². The van der Waals surface area contributed by atoms with Crippen LogP contribution in [0.5, 0.6) is 0 Å². The number of rotatable bonds is 2. The minimum Gasteiger partial charge on any atom is -0.339 e. The normalized spacial score (nSPS) is 11.0. The van der Waals surface area contributed by atoms with Crippen LogP contribution >= 0.6 is 11.3 Å². The molecule has 3 aromatic heterocycles. The van der Waals surface area contributed by atoms with E-state index in [2.05, 4.69) is 15.1 Å². The fourth-order valence-corrected chi connectivity index (χ4v) is 2.92. The zero-order chi connectivity index (χ0) is 14.2. The lowest BCUT2D eigenvalue weighted by Crippen LogP contribution is -2.14. The van der Waals surface area contributed by atoms with Gasteiger partial charge in [-0.15, -0.1) is 11.3 Å². The third kappa shape index (κ3) is 1.96. The highest BCUT2D eigenvalue weighted by Gasteiger charge is 2.12. The minimum absolute atomic E-state index is 0.162. The third-order valence-electron chi connectivity index (χ3n) is 3.25. The lowest BCUT2D eigenvalue weighted by Gasteiger charge is -2.03. The Balaban J connectivity index is 2.00. The van der Waals surface area contributed by atoms with Crippen molar-refractivity contribution in [3.8, 4) is 21.8 Å². The number of aromatic amines is 1. The van der Waals surface area contributed by atoms with Gasteiger partial charge in [-0.3, -0.25) is 4.79 Å². The summed E-state index contributed by atoms with van der Waals surface area (Å²) in [5, 5.41) is 6.89. The molecule has 1 aromatic carbocycles. The molecule has 0 amide bonds. The van der Waals surface area contributed by atoms with Crippen LogP contribution in [0.2, 0.25) is 0 Å². The molecule has 0 aliphatic carbocycles. The Morgan fingerprint density at radius 1 is 1.19 bits per heavy atom. The Labute approximate surface area is 123 Å². The van der Waals surface area contributed by atoms with E-state index in [0.717, 1.165) is 21.8 Å². The maximum absolute atomic E-state index is 12.2. The van der Waals surface area contributed by atoms with E-state index < -0.39 is 0 Å². The third-order valence-corrected chi connectivity index (χ3v) is 4.05. The van der Waals surface area contributed by atoms with Crippen molar-refractivity contribution >= 4 is 17.0 Å². The Kier molecular flexibility index (Phi) is 2.68. The van der Waals surface area contributed by atoms with E-state index in [9.17, 15) is 4.79 Å². The lowest BCUT2D eigenvalue weighted by atomic mass is 10.1. The van der Waals surface area contributed by atoms with Crippen LogP contribution in [0.3, 0.4) is 0 Å². The molecule has 5 nitrogen and oxygen atoms in total. The van der Waals surface area contributed by atoms with Crippen molar-refractivity contribution in [2.24, 2.45) is 0 Å². The second kappa shape index (κ2) is 4.68. The summed E-state index contributed by atoms with van der Waals surface area (Å²) in [6.07, 6.45) is 3.41.